The van der Waals surface area contributed by atoms with Crippen molar-refractivity contribution in [2.24, 2.45) is 0 Å². The van der Waals surface area contributed by atoms with Crippen LogP contribution in [0.4, 0.5) is 23.0 Å². The second-order valence-electron chi connectivity index (χ2n) is 22.1. The number of likely N-dealkylation sites (tertiary alicyclic amines) is 2. The predicted octanol–water partition coefficient (Wildman–Crippen LogP) is 7.10. The molecular formula is C61H72N12O4. The molecule has 4 atom stereocenters. The van der Waals surface area contributed by atoms with Gasteiger partial charge in [0.05, 0.1) is 24.5 Å². The minimum absolute atomic E-state index is 0.0127. The van der Waals surface area contributed by atoms with Crippen LogP contribution in [0, 0.1) is 0 Å². The summed E-state index contributed by atoms with van der Waals surface area (Å²) in [6.45, 7) is 20.1. The molecule has 6 aromatic rings. The number of anilines is 4. The molecule has 6 aliphatic heterocycles. The average Bonchev–Trinajstić information content (AvgIpc) is 4.10. The number of hydrogen-bond acceptors (Lipinski definition) is 14. The minimum atomic E-state index is -0.0342. The van der Waals surface area contributed by atoms with Crippen LogP contribution in [0.15, 0.2) is 104 Å². The summed E-state index contributed by atoms with van der Waals surface area (Å²) >= 11 is 0. The van der Waals surface area contributed by atoms with E-state index in [4.69, 9.17) is 29.4 Å². The molecule has 2 amide bonds. The van der Waals surface area contributed by atoms with Crippen molar-refractivity contribution in [1.29, 1.82) is 0 Å². The Bertz CT molecular complexity index is 3210. The monoisotopic (exact) mass is 1040 g/mol. The zero-order valence-corrected chi connectivity index (χ0v) is 45.0. The first-order chi connectivity index (χ1) is 37.6. The van der Waals surface area contributed by atoms with Crippen LogP contribution in [0.5, 0.6) is 12.0 Å². The van der Waals surface area contributed by atoms with E-state index in [1.165, 1.54) is 68.2 Å². The van der Waals surface area contributed by atoms with Crippen molar-refractivity contribution in [1.82, 2.24) is 39.5 Å². The first-order valence-corrected chi connectivity index (χ1v) is 27.9. The molecule has 4 aromatic carbocycles. The van der Waals surface area contributed by atoms with Crippen LogP contribution in [-0.4, -0.2) is 169 Å². The van der Waals surface area contributed by atoms with Gasteiger partial charge in [-0.2, -0.15) is 19.9 Å². The SMILES string of the molecule is C=CC(=O)N1CCN(c2nc(OC[C@@H]3CC(c4cc(N5CCc6c(nc(OC[C@@H]7CCCN7C)nc6N6CCN(C(=O)C=C)[C@H](C)C6)C5)c5ccccc5c4)CN3C)nc3c2CCN(c2cccc4ccccc24)C3)CC1. The summed E-state index contributed by atoms with van der Waals surface area (Å²) in [4.78, 5) is 64.2. The van der Waals surface area contributed by atoms with E-state index in [0.717, 1.165) is 74.9 Å². The Balaban J connectivity index is 0.792. The molecule has 4 saturated heterocycles. The summed E-state index contributed by atoms with van der Waals surface area (Å²) in [5, 5.41) is 4.91. The Morgan fingerprint density at radius 3 is 1.88 bits per heavy atom. The Labute approximate surface area is 452 Å². The molecule has 0 N–H and O–H groups in total. The highest BCUT2D eigenvalue weighted by Gasteiger charge is 2.36. The summed E-state index contributed by atoms with van der Waals surface area (Å²) in [7, 11) is 4.38. The van der Waals surface area contributed by atoms with Gasteiger partial charge in [0.1, 0.15) is 24.8 Å². The van der Waals surface area contributed by atoms with Crippen LogP contribution < -0.4 is 29.1 Å². The second-order valence-corrected chi connectivity index (χ2v) is 22.1. The van der Waals surface area contributed by atoms with Crippen molar-refractivity contribution in [2.75, 3.05) is 119 Å². The van der Waals surface area contributed by atoms with E-state index in [-0.39, 0.29) is 29.8 Å². The maximum absolute atomic E-state index is 12.7. The normalized spacial score (nSPS) is 22.1. The second kappa shape index (κ2) is 21.6. The maximum Gasteiger partial charge on any atom is 0.318 e. The number of likely N-dealkylation sites (N-methyl/N-ethyl adjacent to an activating group) is 2. The highest BCUT2D eigenvalue weighted by atomic mass is 16.5. The van der Waals surface area contributed by atoms with E-state index in [2.05, 4.69) is 142 Å². The summed E-state index contributed by atoms with van der Waals surface area (Å²) < 4.78 is 13.3. The molecule has 400 valence electrons. The number of fused-ring (bicyclic) bond motifs is 4. The largest absolute Gasteiger partial charge is 0.462 e. The Hall–Kier alpha value is -7.30. The zero-order chi connectivity index (χ0) is 52.7. The van der Waals surface area contributed by atoms with Crippen molar-refractivity contribution in [3.05, 3.63) is 132 Å². The number of amides is 2. The molecule has 4 fully saturated rings. The maximum atomic E-state index is 12.7. The number of ether oxygens (including phenoxy) is 2. The summed E-state index contributed by atoms with van der Waals surface area (Å²) in [5.74, 6) is 2.08. The van der Waals surface area contributed by atoms with E-state index in [0.29, 0.717) is 90.2 Å². The molecule has 1 unspecified atom stereocenters. The summed E-state index contributed by atoms with van der Waals surface area (Å²) in [6.07, 6.45) is 7.62. The molecule has 6 aliphatic rings. The molecule has 77 heavy (non-hydrogen) atoms. The van der Waals surface area contributed by atoms with Crippen LogP contribution in [0.3, 0.4) is 0 Å². The molecular weight excluding hydrogens is 965 g/mol. The Morgan fingerprint density at radius 2 is 1.22 bits per heavy atom. The van der Waals surface area contributed by atoms with Gasteiger partial charge in [0.25, 0.3) is 0 Å². The van der Waals surface area contributed by atoms with Crippen molar-refractivity contribution < 1.29 is 19.1 Å². The van der Waals surface area contributed by atoms with Crippen LogP contribution in [0.25, 0.3) is 21.5 Å². The predicted molar refractivity (Wildman–Crippen MR) is 304 cm³/mol. The lowest BCUT2D eigenvalue weighted by atomic mass is 9.92. The molecule has 16 nitrogen and oxygen atoms in total. The van der Waals surface area contributed by atoms with Crippen molar-refractivity contribution in [2.45, 2.75) is 76.2 Å². The third kappa shape index (κ3) is 10.1. The van der Waals surface area contributed by atoms with E-state index in [1.54, 1.807) is 0 Å². The lowest BCUT2D eigenvalue weighted by Crippen LogP contribution is -2.54. The van der Waals surface area contributed by atoms with Crippen molar-refractivity contribution >= 4 is 56.4 Å². The first kappa shape index (κ1) is 50.5. The number of benzene rings is 4. The van der Waals surface area contributed by atoms with Gasteiger partial charge < -0.3 is 43.8 Å². The van der Waals surface area contributed by atoms with Gasteiger partial charge in [0.2, 0.25) is 11.8 Å². The zero-order valence-electron chi connectivity index (χ0n) is 45.0. The van der Waals surface area contributed by atoms with Crippen molar-refractivity contribution in [3.63, 3.8) is 0 Å². The molecule has 16 heteroatoms. The lowest BCUT2D eigenvalue weighted by molar-refractivity contribution is -0.128. The number of nitrogens with zero attached hydrogens (tertiary/aromatic N) is 12. The quantitative estimate of drug-likeness (QED) is 0.109. The average molecular weight is 1040 g/mol. The smallest absolute Gasteiger partial charge is 0.318 e. The van der Waals surface area contributed by atoms with Gasteiger partial charge in [-0.1, -0.05) is 79.9 Å². The van der Waals surface area contributed by atoms with Gasteiger partial charge in [-0.3, -0.25) is 14.5 Å². The van der Waals surface area contributed by atoms with Gasteiger partial charge >= 0.3 is 12.0 Å². The fraction of sp³-hybridized carbons (Fsp3) is 0.443. The molecule has 0 radical (unpaired) electrons. The lowest BCUT2D eigenvalue weighted by Gasteiger charge is -2.41. The van der Waals surface area contributed by atoms with Crippen molar-refractivity contribution in [3.8, 4) is 12.0 Å². The molecule has 0 saturated carbocycles. The van der Waals surface area contributed by atoms with E-state index in [9.17, 15) is 9.59 Å². The number of rotatable bonds is 13. The highest BCUT2D eigenvalue weighted by Crippen LogP contribution is 2.41. The topological polar surface area (TPSA) is 130 Å². The molecule has 0 bridgehead atoms. The number of carbonyl (C=O) groups is 2. The fourth-order valence-electron chi connectivity index (χ4n) is 13.0. The van der Waals surface area contributed by atoms with Crippen LogP contribution in [-0.2, 0) is 35.5 Å². The summed E-state index contributed by atoms with van der Waals surface area (Å²) in [5.41, 5.74) is 8.07. The third-order valence-electron chi connectivity index (χ3n) is 17.4. The third-order valence-corrected chi connectivity index (χ3v) is 17.4. The van der Waals surface area contributed by atoms with E-state index >= 15 is 0 Å². The van der Waals surface area contributed by atoms with Gasteiger partial charge in [0.15, 0.2) is 0 Å². The number of hydrogen-bond donors (Lipinski definition) is 0. The molecule has 0 aliphatic carbocycles. The Kier molecular flexibility index (Phi) is 14.2. The van der Waals surface area contributed by atoms with Gasteiger partial charge in [0, 0.05) is 117 Å². The van der Waals surface area contributed by atoms with E-state index < -0.39 is 0 Å². The van der Waals surface area contributed by atoms with E-state index in [1.807, 2.05) is 9.80 Å². The number of carbonyl (C=O) groups excluding carboxylic acids is 2. The number of piperazine rings is 2. The highest BCUT2D eigenvalue weighted by molar-refractivity contribution is 5.96. The molecule has 0 spiro atoms. The summed E-state index contributed by atoms with van der Waals surface area (Å²) in [6, 6.07) is 30.1. The minimum Gasteiger partial charge on any atom is -0.462 e. The Morgan fingerprint density at radius 1 is 0.610 bits per heavy atom. The molecule has 12 rings (SSSR count). The van der Waals surface area contributed by atoms with Gasteiger partial charge in [-0.05, 0) is 106 Å². The number of aromatic nitrogens is 4. The first-order valence-electron chi connectivity index (χ1n) is 27.9. The standard InChI is InChI=1S/C61H72N12O4/c1-6-56(74)68-26-28-69(29-27-68)58-50-21-24-70(54-20-12-16-42-14-8-10-18-48(42)54)37-52(50)62-60(64-58)77-40-47-33-45(36-67(47)5)44-32-43-15-9-11-19-49(43)55(34-44)71-25-22-51-53(38-71)63-61(76-39-46-17-13-23-66(46)4)65-59(51)72-30-31-73(41(3)35-72)57(75)7-2/h6-12,14-16,18-20,32,34,41,45-47H,1-2,13,17,21-31,33,35-40H2,3-5H3/t41-,45?,46+,47+/m1/s1. The molecule has 2 aromatic heterocycles. The van der Waals surface area contributed by atoms with Crippen LogP contribution in [0.1, 0.15) is 60.2 Å². The fourth-order valence-corrected chi connectivity index (χ4v) is 13.0. The van der Waals surface area contributed by atoms with Crippen LogP contribution >= 0.6 is 0 Å². The van der Waals surface area contributed by atoms with Crippen LogP contribution in [0.2, 0.25) is 0 Å². The molecule has 8 heterocycles. The van der Waals surface area contributed by atoms with Gasteiger partial charge in [-0.25, -0.2) is 0 Å². The van der Waals surface area contributed by atoms with Gasteiger partial charge in [-0.15, -0.1) is 0 Å².